The summed E-state index contributed by atoms with van der Waals surface area (Å²) in [5, 5.41) is 0.298. The second-order valence-electron chi connectivity index (χ2n) is 11.0. The van der Waals surface area contributed by atoms with E-state index >= 15 is 0 Å². The highest BCUT2D eigenvalue weighted by molar-refractivity contribution is 7.99. The molecule has 3 aliphatic rings. The molecule has 0 bridgehead atoms. The van der Waals surface area contributed by atoms with Crippen molar-refractivity contribution in [3.63, 3.8) is 0 Å². The molecule has 5 rings (SSSR count). The summed E-state index contributed by atoms with van der Waals surface area (Å²) in [5.41, 5.74) is 5.96. The molecule has 206 valence electrons. The predicted octanol–water partition coefficient (Wildman–Crippen LogP) is 3.32. The van der Waals surface area contributed by atoms with Crippen LogP contribution in [-0.2, 0) is 26.8 Å². The van der Waals surface area contributed by atoms with Crippen LogP contribution in [0.25, 0.3) is 0 Å². The Labute approximate surface area is 228 Å². The molecule has 2 fully saturated rings. The molecule has 2 saturated heterocycles. The monoisotopic (exact) mass is 566 g/mol. The highest BCUT2D eigenvalue weighted by Gasteiger charge is 2.53. The molecule has 1 spiro atoms. The number of amides is 1. The molecule has 2 atom stereocenters. The highest BCUT2D eigenvalue weighted by atomic mass is 32.2. The number of carbonyl (C=O) groups excluding carboxylic acids is 1. The molecule has 0 radical (unpaired) electrons. The maximum Gasteiger partial charge on any atom is 0.353 e. The van der Waals surface area contributed by atoms with E-state index in [9.17, 15) is 18.1 Å². The van der Waals surface area contributed by atoms with Gasteiger partial charge < -0.3 is 24.8 Å². The Morgan fingerprint density at radius 1 is 1.29 bits per heavy atom. The summed E-state index contributed by atoms with van der Waals surface area (Å²) in [6.07, 6.45) is 3.26. The van der Waals surface area contributed by atoms with Gasteiger partial charge in [-0.1, -0.05) is 17.8 Å². The van der Waals surface area contributed by atoms with E-state index in [1.807, 2.05) is 20.8 Å². The third kappa shape index (κ3) is 4.72. The number of halogens is 2. The van der Waals surface area contributed by atoms with Crippen LogP contribution < -0.4 is 20.3 Å². The van der Waals surface area contributed by atoms with E-state index in [0.29, 0.717) is 37.1 Å². The Kier molecular flexibility index (Phi) is 7.04. The molecular weight excluding hydrogens is 534 g/mol. The van der Waals surface area contributed by atoms with Crippen LogP contribution in [-0.4, -0.2) is 64.6 Å². The summed E-state index contributed by atoms with van der Waals surface area (Å²) >= 11 is -0.210. The number of piperidine rings is 1. The van der Waals surface area contributed by atoms with Gasteiger partial charge in [-0.15, -0.1) is 4.72 Å². The first kappa shape index (κ1) is 27.4. The number of nitrogens with zero attached hydrogens (tertiary/aromatic N) is 4. The number of aromatic nitrogens is 2. The second kappa shape index (κ2) is 9.77. The van der Waals surface area contributed by atoms with Gasteiger partial charge in [-0.2, -0.15) is 8.78 Å². The number of likely N-dealkylation sites (N-methyl/N-ethyl adjacent to an activating group) is 1. The number of ether oxygens (including phenoxy) is 1. The molecule has 4 heterocycles. The van der Waals surface area contributed by atoms with Crippen molar-refractivity contribution in [3.8, 4) is 0 Å². The molecule has 3 N–H and O–H groups in total. The number of nitrogens with one attached hydrogen (secondary N) is 1. The van der Waals surface area contributed by atoms with Gasteiger partial charge in [0.2, 0.25) is 0 Å². The van der Waals surface area contributed by atoms with E-state index in [0.717, 1.165) is 29.5 Å². The molecule has 1 aromatic heterocycles. The molecule has 9 nitrogen and oxygen atoms in total. The Morgan fingerprint density at radius 3 is 2.66 bits per heavy atom. The van der Waals surface area contributed by atoms with Crippen LogP contribution in [0.1, 0.15) is 39.2 Å². The van der Waals surface area contributed by atoms with E-state index in [2.05, 4.69) is 19.6 Å². The lowest BCUT2D eigenvalue weighted by molar-refractivity contribution is -0.141. The Morgan fingerprint density at radius 2 is 2.00 bits per heavy atom. The van der Waals surface area contributed by atoms with E-state index in [1.54, 1.807) is 12.3 Å². The summed E-state index contributed by atoms with van der Waals surface area (Å²) in [6, 6.07) is 4.66. The highest BCUT2D eigenvalue weighted by Crippen LogP contribution is 2.49. The van der Waals surface area contributed by atoms with Crippen molar-refractivity contribution in [1.82, 2.24) is 14.7 Å². The maximum absolute atomic E-state index is 14.7. The summed E-state index contributed by atoms with van der Waals surface area (Å²) in [6.45, 7) is 8.40. The molecule has 3 aliphatic heterocycles. The fourth-order valence-electron chi connectivity index (χ4n) is 5.14. The average Bonchev–Trinajstić information content (AvgIpc) is 3.32. The zero-order valence-electron chi connectivity index (χ0n) is 21.8. The van der Waals surface area contributed by atoms with Crippen molar-refractivity contribution in [2.45, 2.75) is 60.2 Å². The minimum Gasteiger partial charge on any atom is -0.598 e. The molecule has 0 saturated carbocycles. The van der Waals surface area contributed by atoms with Gasteiger partial charge in [-0.25, -0.2) is 9.97 Å². The molecule has 2 aromatic rings. The number of nitrogen functional groups attached to an aromatic ring is 1. The summed E-state index contributed by atoms with van der Waals surface area (Å²) < 4.78 is 50.9. The Balaban J connectivity index is 1.28. The van der Waals surface area contributed by atoms with Crippen molar-refractivity contribution < 1.29 is 22.9 Å². The van der Waals surface area contributed by atoms with Crippen molar-refractivity contribution in [1.29, 1.82) is 0 Å². The van der Waals surface area contributed by atoms with Gasteiger partial charge in [0.15, 0.2) is 5.82 Å². The number of anilines is 3. The quantitative estimate of drug-likeness (QED) is 0.525. The summed E-state index contributed by atoms with van der Waals surface area (Å²) in [5.74, 6) is -4.12. The fourth-order valence-corrected chi connectivity index (χ4v) is 7.02. The first-order chi connectivity index (χ1) is 17.8. The molecule has 13 heteroatoms. The number of carbonyl (C=O) groups is 1. The number of fused-ring (bicyclic) bond motifs is 1. The molecule has 1 unspecified atom stereocenters. The van der Waals surface area contributed by atoms with Crippen LogP contribution in [0.4, 0.5) is 26.1 Å². The van der Waals surface area contributed by atoms with Crippen LogP contribution in [0, 0.1) is 5.41 Å². The lowest BCUT2D eigenvalue weighted by Crippen LogP contribution is -2.55. The molecular formula is C25H32F2N6O3S2. The Hall–Kier alpha value is -2.19. The average molecular weight is 567 g/mol. The first-order valence-corrected chi connectivity index (χ1v) is 14.4. The first-order valence-electron chi connectivity index (χ1n) is 12.4. The zero-order chi connectivity index (χ0) is 27.5. The molecule has 1 amide bonds. The van der Waals surface area contributed by atoms with Gasteiger partial charge in [-0.05, 0) is 45.7 Å². The molecule has 0 aliphatic carbocycles. The number of alkyl halides is 2. The van der Waals surface area contributed by atoms with Crippen molar-refractivity contribution in [3.05, 3.63) is 30.0 Å². The van der Waals surface area contributed by atoms with Gasteiger partial charge in [0.25, 0.3) is 0 Å². The largest absolute Gasteiger partial charge is 0.598 e. The smallest absolute Gasteiger partial charge is 0.353 e. The number of benzene rings is 1. The molecule has 1 aromatic carbocycles. The van der Waals surface area contributed by atoms with Gasteiger partial charge in [0.1, 0.15) is 15.6 Å². The Bertz CT molecular complexity index is 1240. The summed E-state index contributed by atoms with van der Waals surface area (Å²) in [7, 11) is 1.34. The standard InChI is InChI=1S/C25H32F2N6O3S2/c1-23(2,3)38(35)31-17-13-36-14-24(17)8-10-33(11-9-24)18-12-29-21(20(28)30-18)37-16-7-5-6-15-19(16)25(26,27)22(34)32(15)4/h5-7,12,17,31H,8-11,13-14H2,1-4H3,(H2,28,30)/t17?,38-/m1/s1. The number of hydrogen-bond donors (Lipinski definition) is 2. The van der Waals surface area contributed by atoms with E-state index in [-0.39, 0.29) is 38.2 Å². The van der Waals surface area contributed by atoms with Crippen LogP contribution in [0.15, 0.2) is 34.3 Å². The van der Waals surface area contributed by atoms with Gasteiger partial charge >= 0.3 is 11.8 Å². The topological polar surface area (TPSA) is 120 Å². The van der Waals surface area contributed by atoms with Crippen LogP contribution in [0.5, 0.6) is 0 Å². The SMILES string of the molecule is CN1C(=O)C(F)(F)c2c(Sc3ncc(N4CCC5(CC4)COCC5N[S@+]([O-])C(C)(C)C)nc3N)cccc21. The lowest BCUT2D eigenvalue weighted by atomic mass is 9.75. The normalized spacial score (nSPS) is 23.2. The van der Waals surface area contributed by atoms with Gasteiger partial charge in [-0.3, -0.25) is 4.79 Å². The predicted molar refractivity (Wildman–Crippen MR) is 144 cm³/mol. The van der Waals surface area contributed by atoms with Crippen LogP contribution in [0.3, 0.4) is 0 Å². The third-order valence-corrected chi connectivity index (χ3v) is 10.2. The van der Waals surface area contributed by atoms with Gasteiger partial charge in [0, 0.05) is 41.8 Å². The van der Waals surface area contributed by atoms with E-state index < -0.39 is 23.2 Å². The number of nitrogens with two attached hydrogens (primary N) is 1. The third-order valence-electron chi connectivity index (χ3n) is 7.51. The summed E-state index contributed by atoms with van der Waals surface area (Å²) in [4.78, 5) is 24.3. The second-order valence-corrected chi connectivity index (χ2v) is 14.1. The van der Waals surface area contributed by atoms with E-state index in [4.69, 9.17) is 10.5 Å². The van der Waals surface area contributed by atoms with Crippen molar-refractivity contribution >= 4 is 46.4 Å². The van der Waals surface area contributed by atoms with Gasteiger partial charge in [0.05, 0.1) is 36.7 Å². The van der Waals surface area contributed by atoms with Crippen LogP contribution in [0.2, 0.25) is 0 Å². The fraction of sp³-hybridized carbons (Fsp3) is 0.560. The minimum absolute atomic E-state index is 0.0105. The van der Waals surface area contributed by atoms with Crippen LogP contribution >= 0.6 is 11.8 Å². The minimum atomic E-state index is -3.62. The zero-order valence-corrected chi connectivity index (χ0v) is 23.4. The van der Waals surface area contributed by atoms with E-state index in [1.165, 1.54) is 19.2 Å². The molecule has 38 heavy (non-hydrogen) atoms. The van der Waals surface area contributed by atoms with Crippen molar-refractivity contribution in [2.24, 2.45) is 5.41 Å². The van der Waals surface area contributed by atoms with Crippen molar-refractivity contribution in [2.75, 3.05) is 48.9 Å². The number of rotatable bonds is 5. The lowest BCUT2D eigenvalue weighted by Gasteiger charge is -2.42. The number of hydrogen-bond acceptors (Lipinski definition) is 9. The maximum atomic E-state index is 14.7.